The van der Waals surface area contributed by atoms with Crippen LogP contribution in [0.15, 0.2) is 11.1 Å². The van der Waals surface area contributed by atoms with E-state index in [4.69, 9.17) is 0 Å². The molecule has 0 bridgehead atoms. The van der Waals surface area contributed by atoms with E-state index in [1.165, 1.54) is 44.1 Å². The number of hydrogen-bond donors (Lipinski definition) is 1. The van der Waals surface area contributed by atoms with Crippen LogP contribution < -0.4 is 0 Å². The molecule has 0 aliphatic heterocycles. The van der Waals surface area contributed by atoms with E-state index in [1.807, 2.05) is 0 Å². The van der Waals surface area contributed by atoms with Crippen molar-refractivity contribution in [1.82, 2.24) is 0 Å². The Balaban J connectivity index is 1.71. The van der Waals surface area contributed by atoms with E-state index in [0.29, 0.717) is 5.92 Å². The summed E-state index contributed by atoms with van der Waals surface area (Å²) >= 11 is 0. The first-order valence-electron chi connectivity index (χ1n) is 9.36. The van der Waals surface area contributed by atoms with E-state index in [2.05, 4.69) is 13.8 Å². The van der Waals surface area contributed by atoms with Crippen molar-refractivity contribution in [3.05, 3.63) is 11.1 Å². The van der Waals surface area contributed by atoms with Crippen LogP contribution in [0.3, 0.4) is 0 Å². The fraction of sp³-hybridized carbons (Fsp3) is 0.850. The molecule has 122 valence electrons. The van der Waals surface area contributed by atoms with Gasteiger partial charge < -0.3 is 5.11 Å². The van der Waals surface area contributed by atoms with Gasteiger partial charge in [-0.25, -0.2) is 0 Å². The maximum absolute atomic E-state index is 11.5. The van der Waals surface area contributed by atoms with Gasteiger partial charge >= 0.3 is 0 Å². The van der Waals surface area contributed by atoms with E-state index in [9.17, 15) is 9.90 Å². The van der Waals surface area contributed by atoms with Gasteiger partial charge in [-0.05, 0) is 91.9 Å². The second-order valence-corrected chi connectivity index (χ2v) is 8.95. The number of hydrogen-bond acceptors (Lipinski definition) is 2. The minimum atomic E-state index is -0.0833. The molecule has 0 saturated heterocycles. The molecule has 2 heteroatoms. The van der Waals surface area contributed by atoms with Crippen LogP contribution in [0.1, 0.15) is 71.6 Å². The molecule has 6 atom stereocenters. The van der Waals surface area contributed by atoms with Crippen molar-refractivity contribution in [1.29, 1.82) is 0 Å². The van der Waals surface area contributed by atoms with Crippen LogP contribution in [0.4, 0.5) is 0 Å². The lowest BCUT2D eigenvalue weighted by Crippen LogP contribution is -2.51. The second kappa shape index (κ2) is 4.93. The standard InChI is InChI=1S/C20H30O2/c1-19-10-3-4-13(12-21)15(19)6-5-14-16-7-8-18(22)20(16,2)11-9-17(14)19/h12,14,16-18,22H,3-11H2,1-2H3/t14?,16?,17?,18-,19-,20-/m0/s1. The van der Waals surface area contributed by atoms with Crippen LogP contribution in [0.5, 0.6) is 0 Å². The summed E-state index contributed by atoms with van der Waals surface area (Å²) in [5, 5.41) is 10.5. The van der Waals surface area contributed by atoms with Crippen molar-refractivity contribution in [3.63, 3.8) is 0 Å². The molecule has 0 amide bonds. The molecule has 4 rings (SSSR count). The third kappa shape index (κ3) is 1.79. The first-order valence-corrected chi connectivity index (χ1v) is 9.36. The molecule has 22 heavy (non-hydrogen) atoms. The number of carbonyl (C=O) groups is 1. The molecule has 3 fully saturated rings. The fourth-order valence-corrected chi connectivity index (χ4v) is 7.06. The predicted octanol–water partition coefficient (Wildman–Crippen LogP) is 4.27. The maximum Gasteiger partial charge on any atom is 0.145 e. The van der Waals surface area contributed by atoms with Gasteiger partial charge in [0.1, 0.15) is 6.29 Å². The molecule has 3 saturated carbocycles. The number of carbonyl (C=O) groups excluding carboxylic acids is 1. The average molecular weight is 302 g/mol. The molecule has 4 aliphatic carbocycles. The highest BCUT2D eigenvalue weighted by molar-refractivity contribution is 5.75. The molecule has 3 unspecified atom stereocenters. The van der Waals surface area contributed by atoms with Crippen molar-refractivity contribution >= 4 is 6.29 Å². The summed E-state index contributed by atoms with van der Waals surface area (Å²) in [4.78, 5) is 11.5. The Hall–Kier alpha value is -0.630. The highest BCUT2D eigenvalue weighted by Crippen LogP contribution is 2.65. The fourth-order valence-electron chi connectivity index (χ4n) is 7.06. The van der Waals surface area contributed by atoms with Crippen molar-refractivity contribution in [2.45, 2.75) is 77.7 Å². The molecular formula is C20H30O2. The molecule has 4 aliphatic rings. The van der Waals surface area contributed by atoms with Crippen LogP contribution >= 0.6 is 0 Å². The van der Waals surface area contributed by atoms with Crippen molar-refractivity contribution in [2.24, 2.45) is 28.6 Å². The van der Waals surface area contributed by atoms with Crippen molar-refractivity contribution in [3.8, 4) is 0 Å². The third-order valence-corrected chi connectivity index (χ3v) is 8.29. The monoisotopic (exact) mass is 302 g/mol. The van der Waals surface area contributed by atoms with Crippen molar-refractivity contribution < 1.29 is 9.90 Å². The predicted molar refractivity (Wildman–Crippen MR) is 87.3 cm³/mol. The lowest BCUT2D eigenvalue weighted by atomic mass is 9.47. The summed E-state index contributed by atoms with van der Waals surface area (Å²) in [6, 6.07) is 0. The lowest BCUT2D eigenvalue weighted by Gasteiger charge is -2.58. The minimum absolute atomic E-state index is 0.0833. The van der Waals surface area contributed by atoms with Gasteiger partial charge in [0.05, 0.1) is 6.10 Å². The zero-order valence-electron chi connectivity index (χ0n) is 14.1. The molecule has 0 radical (unpaired) electrons. The molecule has 1 N–H and O–H groups in total. The summed E-state index contributed by atoms with van der Waals surface area (Å²) in [5.41, 5.74) is 3.08. The van der Waals surface area contributed by atoms with Gasteiger partial charge in [-0.1, -0.05) is 19.4 Å². The normalized spacial score (nSPS) is 51.0. The van der Waals surface area contributed by atoms with E-state index in [-0.39, 0.29) is 16.9 Å². The summed E-state index contributed by atoms with van der Waals surface area (Å²) in [6.45, 7) is 4.80. The van der Waals surface area contributed by atoms with Crippen LogP contribution in [-0.2, 0) is 4.79 Å². The Morgan fingerprint density at radius 3 is 2.64 bits per heavy atom. The number of aliphatic hydroxyl groups excluding tert-OH is 1. The number of aldehydes is 1. The van der Waals surface area contributed by atoms with Crippen LogP contribution in [-0.4, -0.2) is 17.5 Å². The van der Waals surface area contributed by atoms with Crippen LogP contribution in [0.25, 0.3) is 0 Å². The van der Waals surface area contributed by atoms with E-state index in [0.717, 1.165) is 43.0 Å². The lowest BCUT2D eigenvalue weighted by molar-refractivity contribution is -0.105. The highest BCUT2D eigenvalue weighted by atomic mass is 16.3. The second-order valence-electron chi connectivity index (χ2n) is 8.95. The first kappa shape index (κ1) is 14.9. The van der Waals surface area contributed by atoms with Gasteiger partial charge in [0.25, 0.3) is 0 Å². The zero-order valence-corrected chi connectivity index (χ0v) is 14.1. The highest BCUT2D eigenvalue weighted by Gasteiger charge is 2.58. The molecule has 0 aromatic carbocycles. The van der Waals surface area contributed by atoms with Crippen LogP contribution in [0.2, 0.25) is 0 Å². The Morgan fingerprint density at radius 2 is 1.86 bits per heavy atom. The molecule has 0 aromatic heterocycles. The summed E-state index contributed by atoms with van der Waals surface area (Å²) in [5.74, 6) is 2.23. The molecule has 0 spiro atoms. The number of aliphatic hydroxyl groups is 1. The average Bonchev–Trinajstić information content (AvgIpc) is 2.81. The number of allylic oxidation sites excluding steroid dienone is 2. The van der Waals surface area contributed by atoms with Gasteiger partial charge in [-0.15, -0.1) is 0 Å². The van der Waals surface area contributed by atoms with Gasteiger partial charge in [0, 0.05) is 0 Å². The smallest absolute Gasteiger partial charge is 0.145 e. The number of rotatable bonds is 1. The third-order valence-electron chi connectivity index (χ3n) is 8.29. The summed E-state index contributed by atoms with van der Waals surface area (Å²) in [7, 11) is 0. The minimum Gasteiger partial charge on any atom is -0.393 e. The van der Waals surface area contributed by atoms with Crippen LogP contribution in [0, 0.1) is 28.6 Å². The van der Waals surface area contributed by atoms with E-state index < -0.39 is 0 Å². The van der Waals surface area contributed by atoms with E-state index >= 15 is 0 Å². The molecular weight excluding hydrogens is 272 g/mol. The molecule has 0 heterocycles. The Labute approximate surface area is 134 Å². The Morgan fingerprint density at radius 1 is 1.05 bits per heavy atom. The molecule has 0 aromatic rings. The van der Waals surface area contributed by atoms with Gasteiger partial charge in [-0.2, -0.15) is 0 Å². The molecule has 2 nitrogen and oxygen atoms in total. The zero-order chi connectivity index (χ0) is 15.5. The largest absolute Gasteiger partial charge is 0.393 e. The topological polar surface area (TPSA) is 37.3 Å². The maximum atomic E-state index is 11.5. The quantitative estimate of drug-likeness (QED) is 0.734. The van der Waals surface area contributed by atoms with Gasteiger partial charge in [0.15, 0.2) is 0 Å². The summed E-state index contributed by atoms with van der Waals surface area (Å²) < 4.78 is 0. The van der Waals surface area contributed by atoms with E-state index in [1.54, 1.807) is 0 Å². The van der Waals surface area contributed by atoms with Crippen molar-refractivity contribution in [2.75, 3.05) is 0 Å². The Kier molecular flexibility index (Phi) is 3.35. The number of fused-ring (bicyclic) bond motifs is 5. The SMILES string of the molecule is C[C@]12CCCC(C=O)=C1CCC1C2CC[C@@]2(C)C1CC[C@@H]2O. The summed E-state index contributed by atoms with van der Waals surface area (Å²) in [6.07, 6.45) is 11.6. The van der Waals surface area contributed by atoms with Gasteiger partial charge in [0.2, 0.25) is 0 Å². The Bertz CT molecular complexity index is 522. The van der Waals surface area contributed by atoms with Gasteiger partial charge in [-0.3, -0.25) is 4.79 Å². The first-order chi connectivity index (χ1) is 10.5.